The average molecular weight is 252 g/mol. The maximum absolute atomic E-state index is 11.2. The van der Waals surface area contributed by atoms with E-state index < -0.39 is 5.97 Å². The molecule has 0 radical (unpaired) electrons. The van der Waals surface area contributed by atoms with Crippen molar-refractivity contribution in [1.29, 1.82) is 0 Å². The number of aliphatic hydroxyl groups is 1. The first-order valence-electron chi connectivity index (χ1n) is 5.50. The second-order valence-corrected chi connectivity index (χ2v) is 3.51. The summed E-state index contributed by atoms with van der Waals surface area (Å²) < 4.78 is 9.76. The summed E-state index contributed by atoms with van der Waals surface area (Å²) >= 11 is 0. The molecule has 1 aromatic rings. The van der Waals surface area contributed by atoms with Gasteiger partial charge >= 0.3 is 5.97 Å². The smallest absolute Gasteiger partial charge is 0.330 e. The van der Waals surface area contributed by atoms with Crippen molar-refractivity contribution in [2.75, 3.05) is 20.3 Å². The molecule has 0 bridgehead atoms. The van der Waals surface area contributed by atoms with E-state index in [0.29, 0.717) is 17.7 Å². The summed E-state index contributed by atoms with van der Waals surface area (Å²) in [5.41, 5.74) is 0.712. The fourth-order valence-electron chi connectivity index (χ4n) is 1.25. The van der Waals surface area contributed by atoms with Crippen LogP contribution in [-0.4, -0.2) is 36.5 Å². The average Bonchev–Trinajstić information content (AvgIpc) is 2.38. The van der Waals surface area contributed by atoms with Gasteiger partial charge in [0.1, 0.15) is 0 Å². The van der Waals surface area contributed by atoms with Gasteiger partial charge in [0.05, 0.1) is 13.7 Å². The summed E-state index contributed by atoms with van der Waals surface area (Å²) in [5.74, 6) is -0.0959. The van der Waals surface area contributed by atoms with E-state index in [0.717, 1.165) is 0 Å². The number of aliphatic hydroxyl groups excluding tert-OH is 1. The third kappa shape index (κ3) is 4.47. The van der Waals surface area contributed by atoms with Crippen LogP contribution >= 0.6 is 0 Å². The van der Waals surface area contributed by atoms with Gasteiger partial charge in [0.25, 0.3) is 0 Å². The fourth-order valence-corrected chi connectivity index (χ4v) is 1.25. The van der Waals surface area contributed by atoms with Crippen LogP contribution in [0.2, 0.25) is 0 Å². The Morgan fingerprint density at radius 1 is 1.44 bits per heavy atom. The van der Waals surface area contributed by atoms with Crippen LogP contribution in [0.4, 0.5) is 0 Å². The number of carbonyl (C=O) groups excluding carboxylic acids is 1. The molecule has 5 nitrogen and oxygen atoms in total. The molecular formula is C13H16O5. The molecular weight excluding hydrogens is 236 g/mol. The van der Waals surface area contributed by atoms with Crippen molar-refractivity contribution in [3.8, 4) is 11.5 Å². The monoisotopic (exact) mass is 252 g/mol. The fraction of sp³-hybridized carbons (Fsp3) is 0.308. The highest BCUT2D eigenvalue weighted by molar-refractivity contribution is 5.87. The van der Waals surface area contributed by atoms with Crippen molar-refractivity contribution in [2.24, 2.45) is 0 Å². The van der Waals surface area contributed by atoms with E-state index in [1.54, 1.807) is 18.2 Å². The molecule has 0 atom stereocenters. The zero-order valence-corrected chi connectivity index (χ0v) is 10.1. The lowest BCUT2D eigenvalue weighted by Crippen LogP contribution is -2.03. The van der Waals surface area contributed by atoms with Crippen LogP contribution < -0.4 is 4.74 Å². The Labute approximate surface area is 105 Å². The van der Waals surface area contributed by atoms with E-state index in [-0.39, 0.29) is 19.0 Å². The highest BCUT2D eigenvalue weighted by atomic mass is 16.5. The number of esters is 1. The van der Waals surface area contributed by atoms with E-state index >= 15 is 0 Å². The number of hydrogen-bond acceptors (Lipinski definition) is 5. The van der Waals surface area contributed by atoms with Gasteiger partial charge in [-0.3, -0.25) is 0 Å². The quantitative estimate of drug-likeness (QED) is 0.454. The van der Waals surface area contributed by atoms with Gasteiger partial charge in [-0.1, -0.05) is 6.07 Å². The summed E-state index contributed by atoms with van der Waals surface area (Å²) in [6, 6.07) is 4.73. The number of phenols is 1. The predicted molar refractivity (Wildman–Crippen MR) is 66.4 cm³/mol. The summed E-state index contributed by atoms with van der Waals surface area (Å²) in [6.07, 6.45) is 3.26. The number of methoxy groups -OCH3 is 1. The third-order valence-corrected chi connectivity index (χ3v) is 2.16. The van der Waals surface area contributed by atoms with Crippen LogP contribution in [0.5, 0.6) is 11.5 Å². The van der Waals surface area contributed by atoms with E-state index in [1.807, 2.05) is 0 Å². The van der Waals surface area contributed by atoms with Gasteiger partial charge in [-0.2, -0.15) is 0 Å². The molecule has 98 valence electrons. The molecule has 0 fully saturated rings. The maximum atomic E-state index is 11.2. The van der Waals surface area contributed by atoms with Gasteiger partial charge in [-0.05, 0) is 23.8 Å². The number of phenolic OH excluding ortho intramolecular Hbond substituents is 1. The van der Waals surface area contributed by atoms with Crippen molar-refractivity contribution in [3.63, 3.8) is 0 Å². The van der Waals surface area contributed by atoms with Gasteiger partial charge in [-0.15, -0.1) is 0 Å². The van der Waals surface area contributed by atoms with Crippen LogP contribution in [0, 0.1) is 0 Å². The lowest BCUT2D eigenvalue weighted by molar-refractivity contribution is -0.137. The molecule has 0 amide bonds. The highest BCUT2D eigenvalue weighted by Gasteiger charge is 2.01. The van der Waals surface area contributed by atoms with E-state index in [1.165, 1.54) is 19.3 Å². The molecule has 0 unspecified atom stereocenters. The first-order chi connectivity index (χ1) is 8.67. The van der Waals surface area contributed by atoms with Gasteiger partial charge < -0.3 is 19.7 Å². The highest BCUT2D eigenvalue weighted by Crippen LogP contribution is 2.26. The summed E-state index contributed by atoms with van der Waals surface area (Å²) in [7, 11) is 1.45. The minimum absolute atomic E-state index is 0.00778. The molecule has 0 aliphatic heterocycles. The Morgan fingerprint density at radius 3 is 2.89 bits per heavy atom. The molecule has 5 heteroatoms. The van der Waals surface area contributed by atoms with E-state index in [4.69, 9.17) is 14.6 Å². The van der Waals surface area contributed by atoms with E-state index in [2.05, 4.69) is 0 Å². The summed E-state index contributed by atoms with van der Waals surface area (Å²) in [5, 5.41) is 17.9. The molecule has 18 heavy (non-hydrogen) atoms. The Hall–Kier alpha value is -2.01. The van der Waals surface area contributed by atoms with Gasteiger partial charge in [0.2, 0.25) is 0 Å². The Bertz CT molecular complexity index is 425. The van der Waals surface area contributed by atoms with Gasteiger partial charge in [0.15, 0.2) is 11.5 Å². The van der Waals surface area contributed by atoms with Crippen LogP contribution in [0.1, 0.15) is 12.0 Å². The normalized spacial score (nSPS) is 10.6. The standard InChI is InChI=1S/C13H16O5/c1-17-12-9-10(3-5-11(12)15)4-6-13(16)18-8-2-7-14/h3-6,9,14-15H,2,7-8H2,1H3. The van der Waals surface area contributed by atoms with Crippen LogP contribution in [0.25, 0.3) is 6.08 Å². The molecule has 0 aliphatic carbocycles. The van der Waals surface area contributed by atoms with Crippen molar-refractivity contribution in [2.45, 2.75) is 6.42 Å². The maximum Gasteiger partial charge on any atom is 0.330 e. The first-order valence-corrected chi connectivity index (χ1v) is 5.50. The lowest BCUT2D eigenvalue weighted by atomic mass is 10.2. The molecule has 0 aliphatic rings. The Kier molecular flexibility index (Phi) is 5.73. The molecule has 2 N–H and O–H groups in total. The first kappa shape index (κ1) is 14.1. The van der Waals surface area contributed by atoms with Crippen molar-refractivity contribution >= 4 is 12.0 Å². The second kappa shape index (κ2) is 7.34. The molecule has 0 heterocycles. The van der Waals surface area contributed by atoms with Gasteiger partial charge in [-0.25, -0.2) is 4.79 Å². The number of aromatic hydroxyl groups is 1. The minimum Gasteiger partial charge on any atom is -0.504 e. The Morgan fingerprint density at radius 2 is 2.22 bits per heavy atom. The lowest BCUT2D eigenvalue weighted by Gasteiger charge is -2.03. The van der Waals surface area contributed by atoms with E-state index in [9.17, 15) is 9.90 Å². The zero-order valence-electron chi connectivity index (χ0n) is 10.1. The molecule has 0 aromatic heterocycles. The minimum atomic E-state index is -0.476. The summed E-state index contributed by atoms with van der Waals surface area (Å²) in [6.45, 7) is 0.185. The largest absolute Gasteiger partial charge is 0.504 e. The number of ether oxygens (including phenoxy) is 2. The molecule has 1 aromatic carbocycles. The second-order valence-electron chi connectivity index (χ2n) is 3.51. The molecule has 1 rings (SSSR count). The number of benzene rings is 1. The van der Waals surface area contributed by atoms with Gasteiger partial charge in [0, 0.05) is 19.1 Å². The summed E-state index contributed by atoms with van der Waals surface area (Å²) in [4.78, 5) is 11.2. The predicted octanol–water partition coefficient (Wildman–Crippen LogP) is 1.34. The van der Waals surface area contributed by atoms with Crippen molar-refractivity contribution < 1.29 is 24.5 Å². The number of rotatable bonds is 6. The van der Waals surface area contributed by atoms with Crippen molar-refractivity contribution in [3.05, 3.63) is 29.8 Å². The number of hydrogen-bond donors (Lipinski definition) is 2. The SMILES string of the molecule is COc1cc(C=CC(=O)OCCCO)ccc1O. The zero-order chi connectivity index (χ0) is 13.4. The third-order valence-electron chi connectivity index (χ3n) is 2.16. The van der Waals surface area contributed by atoms with Crippen LogP contribution in [0.15, 0.2) is 24.3 Å². The van der Waals surface area contributed by atoms with Crippen LogP contribution in [-0.2, 0) is 9.53 Å². The molecule has 0 saturated heterocycles. The Balaban J connectivity index is 2.58. The number of carbonyl (C=O) groups is 1. The molecule has 0 spiro atoms. The topological polar surface area (TPSA) is 76.0 Å². The molecule has 0 saturated carbocycles. The van der Waals surface area contributed by atoms with Crippen molar-refractivity contribution in [1.82, 2.24) is 0 Å². The van der Waals surface area contributed by atoms with Crippen LogP contribution in [0.3, 0.4) is 0 Å².